The molecule has 0 aliphatic carbocycles. The molecule has 0 saturated carbocycles. The SMILES string of the molecule is CN1CC=C(c2cnn3cc(-c4cnn(C)c4)ccc23)C1. The molecule has 3 aromatic rings. The summed E-state index contributed by atoms with van der Waals surface area (Å²) in [7, 11) is 4.06. The number of fused-ring (bicyclic) bond motifs is 1. The van der Waals surface area contributed by atoms with Gasteiger partial charge >= 0.3 is 0 Å². The van der Waals surface area contributed by atoms with Gasteiger partial charge in [0, 0.05) is 49.2 Å². The molecule has 1 aliphatic heterocycles. The zero-order valence-corrected chi connectivity index (χ0v) is 12.2. The lowest BCUT2D eigenvalue weighted by atomic mass is 10.1. The number of aryl methyl sites for hydroxylation is 1. The summed E-state index contributed by atoms with van der Waals surface area (Å²) in [4.78, 5) is 2.29. The van der Waals surface area contributed by atoms with Crippen LogP contribution in [0.5, 0.6) is 0 Å². The molecule has 3 aromatic heterocycles. The molecule has 4 rings (SSSR count). The zero-order valence-electron chi connectivity index (χ0n) is 12.2. The maximum atomic E-state index is 4.51. The van der Waals surface area contributed by atoms with Gasteiger partial charge in [-0.2, -0.15) is 10.2 Å². The average Bonchev–Trinajstić information content (AvgIpc) is 3.17. The summed E-state index contributed by atoms with van der Waals surface area (Å²) in [6, 6.07) is 4.28. The smallest absolute Gasteiger partial charge is 0.0737 e. The predicted octanol–water partition coefficient (Wildman–Crippen LogP) is 2.06. The van der Waals surface area contributed by atoms with Crippen LogP contribution in [0, 0.1) is 0 Å². The van der Waals surface area contributed by atoms with Gasteiger partial charge < -0.3 is 0 Å². The van der Waals surface area contributed by atoms with Gasteiger partial charge in [0.25, 0.3) is 0 Å². The number of hydrogen-bond donors (Lipinski definition) is 0. The van der Waals surface area contributed by atoms with Crippen molar-refractivity contribution in [1.82, 2.24) is 24.3 Å². The molecule has 5 heteroatoms. The minimum Gasteiger partial charge on any atom is -0.298 e. The summed E-state index contributed by atoms with van der Waals surface area (Å²) in [5, 5.41) is 8.73. The molecule has 0 fully saturated rings. The van der Waals surface area contributed by atoms with Crippen LogP contribution in [-0.4, -0.2) is 44.4 Å². The second-order valence-corrected chi connectivity index (χ2v) is 5.63. The minimum atomic E-state index is 0.992. The highest BCUT2D eigenvalue weighted by Crippen LogP contribution is 2.26. The number of hydrogen-bond acceptors (Lipinski definition) is 3. The van der Waals surface area contributed by atoms with Crippen molar-refractivity contribution in [2.75, 3.05) is 20.1 Å². The highest BCUT2D eigenvalue weighted by Gasteiger charge is 2.15. The Hall–Kier alpha value is -2.40. The van der Waals surface area contributed by atoms with Crippen LogP contribution in [0.4, 0.5) is 0 Å². The second kappa shape index (κ2) is 4.56. The molecule has 21 heavy (non-hydrogen) atoms. The molecule has 1 aliphatic rings. The van der Waals surface area contributed by atoms with Crippen LogP contribution in [-0.2, 0) is 7.05 Å². The Morgan fingerprint density at radius 3 is 2.62 bits per heavy atom. The van der Waals surface area contributed by atoms with Crippen molar-refractivity contribution in [2.45, 2.75) is 0 Å². The number of aromatic nitrogens is 4. The first-order valence-electron chi connectivity index (χ1n) is 7.05. The Kier molecular flexibility index (Phi) is 2.68. The van der Waals surface area contributed by atoms with Crippen molar-refractivity contribution in [3.05, 3.63) is 48.6 Å². The van der Waals surface area contributed by atoms with Crippen LogP contribution >= 0.6 is 0 Å². The van der Waals surface area contributed by atoms with Gasteiger partial charge in [0.1, 0.15) is 0 Å². The van der Waals surface area contributed by atoms with Crippen molar-refractivity contribution in [3.8, 4) is 11.1 Å². The first kappa shape index (κ1) is 12.3. The molecule has 106 valence electrons. The number of pyridine rings is 1. The van der Waals surface area contributed by atoms with E-state index in [9.17, 15) is 0 Å². The lowest BCUT2D eigenvalue weighted by molar-refractivity contribution is 0.439. The number of nitrogens with zero attached hydrogens (tertiary/aromatic N) is 5. The van der Waals surface area contributed by atoms with Gasteiger partial charge in [0.2, 0.25) is 0 Å². The highest BCUT2D eigenvalue weighted by molar-refractivity contribution is 5.81. The van der Waals surface area contributed by atoms with E-state index < -0.39 is 0 Å². The second-order valence-electron chi connectivity index (χ2n) is 5.63. The molecule has 0 saturated heterocycles. The summed E-state index contributed by atoms with van der Waals surface area (Å²) >= 11 is 0. The van der Waals surface area contributed by atoms with Crippen LogP contribution < -0.4 is 0 Å². The summed E-state index contributed by atoms with van der Waals surface area (Å²) in [6.45, 7) is 2.01. The van der Waals surface area contributed by atoms with Gasteiger partial charge in [-0.3, -0.25) is 9.58 Å². The van der Waals surface area contributed by atoms with Crippen molar-refractivity contribution >= 4 is 11.1 Å². The maximum absolute atomic E-state index is 4.51. The van der Waals surface area contributed by atoms with E-state index in [-0.39, 0.29) is 0 Å². The number of likely N-dealkylation sites (N-methyl/N-ethyl adjacent to an activating group) is 1. The minimum absolute atomic E-state index is 0.992. The Bertz CT molecular complexity index is 839. The standard InChI is InChI=1S/C16H17N5/c1-19-6-5-13(9-19)15-8-18-21-11-12(3-4-16(15)21)14-7-17-20(2)10-14/h3-5,7-8,10-11H,6,9H2,1-2H3. The Balaban J connectivity index is 1.77. The van der Waals surface area contributed by atoms with Crippen LogP contribution in [0.25, 0.3) is 22.2 Å². The Morgan fingerprint density at radius 2 is 1.90 bits per heavy atom. The van der Waals surface area contributed by atoms with Gasteiger partial charge in [-0.15, -0.1) is 0 Å². The van der Waals surface area contributed by atoms with Crippen LogP contribution in [0.1, 0.15) is 5.56 Å². The quantitative estimate of drug-likeness (QED) is 0.721. The lowest BCUT2D eigenvalue weighted by Gasteiger charge is -2.07. The molecule has 0 spiro atoms. The summed E-state index contributed by atoms with van der Waals surface area (Å²) in [6.07, 6.45) is 10.2. The van der Waals surface area contributed by atoms with Gasteiger partial charge in [-0.25, -0.2) is 4.52 Å². The predicted molar refractivity (Wildman–Crippen MR) is 82.9 cm³/mol. The van der Waals surface area contributed by atoms with E-state index in [0.29, 0.717) is 0 Å². The summed E-state index contributed by atoms with van der Waals surface area (Å²) < 4.78 is 3.77. The molecular weight excluding hydrogens is 262 g/mol. The van der Waals surface area contributed by atoms with Crippen LogP contribution in [0.15, 0.2) is 43.0 Å². The van der Waals surface area contributed by atoms with E-state index in [4.69, 9.17) is 0 Å². The van der Waals surface area contributed by atoms with E-state index in [0.717, 1.165) is 29.7 Å². The largest absolute Gasteiger partial charge is 0.298 e. The highest BCUT2D eigenvalue weighted by atomic mass is 15.2. The molecule has 0 atom stereocenters. The van der Waals surface area contributed by atoms with Crippen molar-refractivity contribution in [1.29, 1.82) is 0 Å². The normalized spacial score (nSPS) is 15.8. The molecule has 0 radical (unpaired) electrons. The molecule has 0 amide bonds. The first-order chi connectivity index (χ1) is 10.2. The van der Waals surface area contributed by atoms with Crippen LogP contribution in [0.3, 0.4) is 0 Å². The zero-order chi connectivity index (χ0) is 14.4. The van der Waals surface area contributed by atoms with Crippen molar-refractivity contribution in [2.24, 2.45) is 7.05 Å². The average molecular weight is 279 g/mol. The third-order valence-corrected chi connectivity index (χ3v) is 3.99. The van der Waals surface area contributed by atoms with Gasteiger partial charge in [-0.05, 0) is 18.7 Å². The summed E-state index contributed by atoms with van der Waals surface area (Å²) in [5.74, 6) is 0. The molecule has 0 aromatic carbocycles. The lowest BCUT2D eigenvalue weighted by Crippen LogP contribution is -2.13. The van der Waals surface area contributed by atoms with Gasteiger partial charge in [0.15, 0.2) is 0 Å². The topological polar surface area (TPSA) is 38.4 Å². The fraction of sp³-hybridized carbons (Fsp3) is 0.250. The molecule has 0 unspecified atom stereocenters. The van der Waals surface area contributed by atoms with Crippen molar-refractivity contribution < 1.29 is 0 Å². The Labute approximate surface area is 123 Å². The fourth-order valence-electron chi connectivity index (χ4n) is 2.85. The molecule has 4 heterocycles. The first-order valence-corrected chi connectivity index (χ1v) is 7.05. The van der Waals surface area contributed by atoms with Crippen LogP contribution in [0.2, 0.25) is 0 Å². The third-order valence-electron chi connectivity index (χ3n) is 3.99. The van der Waals surface area contributed by atoms with Crippen molar-refractivity contribution in [3.63, 3.8) is 0 Å². The maximum Gasteiger partial charge on any atom is 0.0737 e. The van der Waals surface area contributed by atoms with E-state index in [1.165, 1.54) is 11.1 Å². The summed E-state index contributed by atoms with van der Waals surface area (Å²) in [5.41, 5.74) is 5.99. The number of rotatable bonds is 2. The van der Waals surface area contributed by atoms with Gasteiger partial charge in [0.05, 0.1) is 17.9 Å². The molecule has 0 N–H and O–H groups in total. The van der Waals surface area contributed by atoms with E-state index in [1.54, 1.807) is 0 Å². The van der Waals surface area contributed by atoms with E-state index in [2.05, 4.69) is 46.6 Å². The Morgan fingerprint density at radius 1 is 1.00 bits per heavy atom. The monoisotopic (exact) mass is 279 g/mol. The molecule has 0 bridgehead atoms. The molecule has 5 nitrogen and oxygen atoms in total. The third kappa shape index (κ3) is 2.06. The fourth-order valence-corrected chi connectivity index (χ4v) is 2.85. The molecular formula is C16H17N5. The van der Waals surface area contributed by atoms with E-state index >= 15 is 0 Å². The van der Waals surface area contributed by atoms with Gasteiger partial charge in [-0.1, -0.05) is 12.1 Å². The van der Waals surface area contributed by atoms with E-state index in [1.807, 2.05) is 34.8 Å².